The second-order valence-electron chi connectivity index (χ2n) is 9.04. The van der Waals surface area contributed by atoms with E-state index < -0.39 is 0 Å². The number of hydrogen-bond donors (Lipinski definition) is 1. The Balaban J connectivity index is 1.68. The molecule has 146 valence electrons. The maximum atomic E-state index is 12.7. The zero-order valence-corrected chi connectivity index (χ0v) is 17.5. The lowest BCUT2D eigenvalue weighted by Gasteiger charge is -2.50. The highest BCUT2D eigenvalue weighted by Gasteiger charge is 2.46. The van der Waals surface area contributed by atoms with E-state index in [-0.39, 0.29) is 17.6 Å². The Morgan fingerprint density at radius 1 is 1.46 bits per heavy atom. The van der Waals surface area contributed by atoms with Gasteiger partial charge in [-0.05, 0) is 38.1 Å². The third-order valence-corrected chi connectivity index (χ3v) is 6.63. The molecule has 26 heavy (non-hydrogen) atoms. The first kappa shape index (κ1) is 19.8. The topological polar surface area (TPSA) is 54.5 Å². The molecule has 2 atom stereocenters. The van der Waals surface area contributed by atoms with Crippen LogP contribution in [0.4, 0.5) is 0 Å². The van der Waals surface area contributed by atoms with Crippen LogP contribution in [-0.4, -0.2) is 53.7 Å². The Kier molecular flexibility index (Phi) is 6.04. The summed E-state index contributed by atoms with van der Waals surface area (Å²) in [6.07, 6.45) is 5.54. The zero-order chi connectivity index (χ0) is 18.8. The molecule has 0 radical (unpaired) electrons. The van der Waals surface area contributed by atoms with Gasteiger partial charge in [-0.25, -0.2) is 4.98 Å². The van der Waals surface area contributed by atoms with Gasteiger partial charge in [-0.2, -0.15) is 0 Å². The predicted molar refractivity (Wildman–Crippen MR) is 106 cm³/mol. The van der Waals surface area contributed by atoms with E-state index in [1.54, 1.807) is 5.51 Å². The molecule has 5 nitrogen and oxygen atoms in total. The van der Waals surface area contributed by atoms with Crippen molar-refractivity contribution in [3.05, 3.63) is 16.1 Å². The van der Waals surface area contributed by atoms with Gasteiger partial charge < -0.3 is 10.1 Å². The van der Waals surface area contributed by atoms with Crippen LogP contribution in [0.5, 0.6) is 0 Å². The Morgan fingerprint density at radius 2 is 2.27 bits per heavy atom. The Morgan fingerprint density at radius 3 is 2.96 bits per heavy atom. The number of hydrogen-bond acceptors (Lipinski definition) is 5. The smallest absolute Gasteiger partial charge is 0.263 e. The summed E-state index contributed by atoms with van der Waals surface area (Å²) in [5.41, 5.74) is 2.67. The molecule has 2 aliphatic rings. The SMILES string of the molecule is Cc1ncsc1C(=O)N[C@H]1CCCC[C@@]12CN(CCC(C)(C)C)CCO2. The lowest BCUT2D eigenvalue weighted by atomic mass is 9.78. The number of carbonyl (C=O) groups is 1. The van der Waals surface area contributed by atoms with Gasteiger partial charge in [0.15, 0.2) is 0 Å². The number of thiazole rings is 1. The van der Waals surface area contributed by atoms with Crippen LogP contribution in [0, 0.1) is 12.3 Å². The van der Waals surface area contributed by atoms with Crippen molar-refractivity contribution in [3.8, 4) is 0 Å². The molecule has 3 rings (SSSR count). The highest BCUT2D eigenvalue weighted by atomic mass is 32.1. The number of rotatable bonds is 4. The number of aryl methyl sites for hydroxylation is 1. The van der Waals surface area contributed by atoms with E-state index in [9.17, 15) is 4.79 Å². The summed E-state index contributed by atoms with van der Waals surface area (Å²) in [6.45, 7) is 12.6. The van der Waals surface area contributed by atoms with E-state index in [1.165, 1.54) is 24.2 Å². The second kappa shape index (κ2) is 7.95. The van der Waals surface area contributed by atoms with Crippen LogP contribution in [0.2, 0.25) is 0 Å². The van der Waals surface area contributed by atoms with Crippen LogP contribution in [0.15, 0.2) is 5.51 Å². The molecule has 0 aromatic carbocycles. The van der Waals surface area contributed by atoms with Crippen molar-refractivity contribution in [2.24, 2.45) is 5.41 Å². The lowest BCUT2D eigenvalue weighted by Crippen LogP contribution is -2.64. The molecule has 1 saturated carbocycles. The number of nitrogens with one attached hydrogen (secondary N) is 1. The van der Waals surface area contributed by atoms with Gasteiger partial charge in [-0.3, -0.25) is 9.69 Å². The van der Waals surface area contributed by atoms with Crippen LogP contribution in [0.1, 0.15) is 68.2 Å². The van der Waals surface area contributed by atoms with Gasteiger partial charge >= 0.3 is 0 Å². The predicted octanol–water partition coefficient (Wildman–Crippen LogP) is 3.63. The van der Waals surface area contributed by atoms with Crippen molar-refractivity contribution in [1.82, 2.24) is 15.2 Å². The summed E-state index contributed by atoms with van der Waals surface area (Å²) in [4.78, 5) is 20.2. The first-order valence-corrected chi connectivity index (χ1v) is 10.7. The number of morpholine rings is 1. The number of carbonyl (C=O) groups excluding carboxylic acids is 1. The van der Waals surface area contributed by atoms with Gasteiger partial charge in [0.25, 0.3) is 5.91 Å². The van der Waals surface area contributed by atoms with Crippen molar-refractivity contribution >= 4 is 17.2 Å². The Labute approximate surface area is 161 Å². The highest BCUT2D eigenvalue weighted by molar-refractivity contribution is 7.11. The fraction of sp³-hybridized carbons (Fsp3) is 0.800. The van der Waals surface area contributed by atoms with E-state index in [0.717, 1.165) is 56.1 Å². The largest absolute Gasteiger partial charge is 0.370 e. The summed E-state index contributed by atoms with van der Waals surface area (Å²) in [5, 5.41) is 3.30. The summed E-state index contributed by atoms with van der Waals surface area (Å²) >= 11 is 1.42. The minimum absolute atomic E-state index is 0.00619. The monoisotopic (exact) mass is 379 g/mol. The maximum absolute atomic E-state index is 12.7. The molecule has 1 N–H and O–H groups in total. The number of nitrogens with zero attached hydrogens (tertiary/aromatic N) is 2. The summed E-state index contributed by atoms with van der Waals surface area (Å²) in [6, 6.07) is 0.0858. The van der Waals surface area contributed by atoms with Crippen molar-refractivity contribution in [2.45, 2.75) is 71.4 Å². The molecule has 1 aromatic heterocycles. The van der Waals surface area contributed by atoms with Crippen LogP contribution in [0.25, 0.3) is 0 Å². The van der Waals surface area contributed by atoms with Gasteiger partial charge in [0, 0.05) is 13.1 Å². The maximum Gasteiger partial charge on any atom is 0.263 e. The van der Waals surface area contributed by atoms with E-state index in [0.29, 0.717) is 5.41 Å². The van der Waals surface area contributed by atoms with Crippen LogP contribution >= 0.6 is 11.3 Å². The minimum Gasteiger partial charge on any atom is -0.370 e. The van der Waals surface area contributed by atoms with Crippen molar-refractivity contribution in [1.29, 1.82) is 0 Å². The third kappa shape index (κ3) is 4.65. The molecule has 1 aliphatic heterocycles. The highest BCUT2D eigenvalue weighted by Crippen LogP contribution is 2.35. The molecule has 1 saturated heterocycles. The summed E-state index contributed by atoms with van der Waals surface area (Å²) in [5.74, 6) is 0.00619. The van der Waals surface area contributed by atoms with Crippen molar-refractivity contribution in [2.75, 3.05) is 26.2 Å². The molecule has 1 spiro atoms. The molecule has 1 aliphatic carbocycles. The molecule has 6 heteroatoms. The number of amides is 1. The minimum atomic E-state index is -0.233. The average Bonchev–Trinajstić information content (AvgIpc) is 3.01. The number of ether oxygens (including phenoxy) is 1. The molecule has 1 aromatic rings. The van der Waals surface area contributed by atoms with Crippen LogP contribution in [0.3, 0.4) is 0 Å². The van der Waals surface area contributed by atoms with Crippen LogP contribution in [-0.2, 0) is 4.74 Å². The van der Waals surface area contributed by atoms with Crippen LogP contribution < -0.4 is 5.32 Å². The van der Waals surface area contributed by atoms with Gasteiger partial charge in [0.05, 0.1) is 23.9 Å². The zero-order valence-electron chi connectivity index (χ0n) is 16.6. The molecule has 0 unspecified atom stereocenters. The third-order valence-electron chi connectivity index (χ3n) is 5.70. The van der Waals surface area contributed by atoms with Gasteiger partial charge in [-0.1, -0.05) is 33.6 Å². The van der Waals surface area contributed by atoms with Crippen molar-refractivity contribution in [3.63, 3.8) is 0 Å². The molecule has 2 fully saturated rings. The van der Waals surface area contributed by atoms with E-state index in [1.807, 2.05) is 6.92 Å². The number of aromatic nitrogens is 1. The van der Waals surface area contributed by atoms with E-state index in [2.05, 4.69) is 36.0 Å². The fourth-order valence-electron chi connectivity index (χ4n) is 4.08. The molecular formula is C20H33N3O2S. The van der Waals surface area contributed by atoms with E-state index >= 15 is 0 Å². The van der Waals surface area contributed by atoms with E-state index in [4.69, 9.17) is 4.74 Å². The normalized spacial score (nSPS) is 27.6. The van der Waals surface area contributed by atoms with Gasteiger partial charge in [-0.15, -0.1) is 11.3 Å². The lowest BCUT2D eigenvalue weighted by molar-refractivity contribution is -0.142. The molecule has 1 amide bonds. The Bertz CT molecular complexity index is 621. The molecular weight excluding hydrogens is 346 g/mol. The standard InChI is InChI=1S/C20H33N3O2S/c1-15-17(26-14-21-15)18(24)22-16-7-5-6-8-20(16)13-23(11-12-25-20)10-9-19(2,3)4/h14,16H,5-13H2,1-4H3,(H,22,24)/t16-,20+/m0/s1. The van der Waals surface area contributed by atoms with Gasteiger partial charge in [0.2, 0.25) is 0 Å². The fourth-order valence-corrected chi connectivity index (χ4v) is 4.79. The summed E-state index contributed by atoms with van der Waals surface area (Å²) in [7, 11) is 0. The first-order chi connectivity index (χ1) is 12.3. The average molecular weight is 380 g/mol. The second-order valence-corrected chi connectivity index (χ2v) is 9.89. The van der Waals surface area contributed by atoms with Gasteiger partial charge in [0.1, 0.15) is 10.5 Å². The molecule has 2 heterocycles. The molecule has 0 bridgehead atoms. The Hall–Kier alpha value is -0.980. The summed E-state index contributed by atoms with van der Waals surface area (Å²) < 4.78 is 6.36. The quantitative estimate of drug-likeness (QED) is 0.868. The first-order valence-electron chi connectivity index (χ1n) is 9.86. The van der Waals surface area contributed by atoms with Crippen molar-refractivity contribution < 1.29 is 9.53 Å².